The number of hydrogen-bond donors (Lipinski definition) is 2. The summed E-state index contributed by atoms with van der Waals surface area (Å²) in [5, 5.41) is 5.94. The van der Waals surface area contributed by atoms with Crippen LogP contribution in [0.4, 0.5) is 5.69 Å². The van der Waals surface area contributed by atoms with Gasteiger partial charge in [0.2, 0.25) is 11.8 Å². The van der Waals surface area contributed by atoms with Gasteiger partial charge in [-0.15, -0.1) is 0 Å². The van der Waals surface area contributed by atoms with E-state index in [9.17, 15) is 9.59 Å². The molecule has 2 amide bonds. The lowest BCUT2D eigenvalue weighted by Crippen LogP contribution is -2.57. The highest BCUT2D eigenvalue weighted by Crippen LogP contribution is 2.22. The Morgan fingerprint density at radius 2 is 2.17 bits per heavy atom. The van der Waals surface area contributed by atoms with Gasteiger partial charge in [0.25, 0.3) is 0 Å². The van der Waals surface area contributed by atoms with Gasteiger partial charge in [0.15, 0.2) is 0 Å². The third-order valence-corrected chi connectivity index (χ3v) is 3.99. The minimum atomic E-state index is -0.419. The Morgan fingerprint density at radius 1 is 1.42 bits per heavy atom. The maximum Gasteiger partial charge on any atom is 0.244 e. The molecule has 0 aliphatic carbocycles. The van der Waals surface area contributed by atoms with Crippen molar-refractivity contribution in [1.82, 2.24) is 10.2 Å². The van der Waals surface area contributed by atoms with Crippen molar-refractivity contribution in [1.29, 1.82) is 0 Å². The molecule has 1 aromatic carbocycles. The first-order chi connectivity index (χ1) is 11.6. The van der Waals surface area contributed by atoms with Gasteiger partial charge < -0.3 is 25.0 Å². The quantitative estimate of drug-likeness (QED) is 0.806. The number of rotatable bonds is 6. The molecule has 2 rings (SSSR count). The van der Waals surface area contributed by atoms with Crippen LogP contribution in [0.15, 0.2) is 24.3 Å². The van der Waals surface area contributed by atoms with Gasteiger partial charge in [0, 0.05) is 13.1 Å². The molecule has 0 bridgehead atoms. The van der Waals surface area contributed by atoms with E-state index < -0.39 is 6.04 Å². The highest BCUT2D eigenvalue weighted by molar-refractivity contribution is 5.96. The minimum Gasteiger partial charge on any atom is -0.495 e. The number of likely N-dealkylation sites (N-methyl/N-ethyl adjacent to an activating group) is 1. The van der Waals surface area contributed by atoms with Gasteiger partial charge in [-0.2, -0.15) is 0 Å². The molecular formula is C17H25N3O4. The van der Waals surface area contributed by atoms with Gasteiger partial charge >= 0.3 is 0 Å². The summed E-state index contributed by atoms with van der Waals surface area (Å²) in [5.41, 5.74) is 0.584. The number of hydrogen-bond acceptors (Lipinski definition) is 5. The molecule has 7 nitrogen and oxygen atoms in total. The van der Waals surface area contributed by atoms with Crippen LogP contribution in [-0.4, -0.2) is 62.2 Å². The largest absolute Gasteiger partial charge is 0.495 e. The molecule has 1 aromatic rings. The first kappa shape index (κ1) is 18.2. The summed E-state index contributed by atoms with van der Waals surface area (Å²) in [5.74, 6) is 0.190. The molecule has 1 aliphatic rings. The number of amides is 2. The van der Waals surface area contributed by atoms with Gasteiger partial charge in [-0.1, -0.05) is 12.1 Å². The lowest BCUT2D eigenvalue weighted by atomic mass is 10.1. The summed E-state index contributed by atoms with van der Waals surface area (Å²) >= 11 is 0. The van der Waals surface area contributed by atoms with Crippen LogP contribution in [0.3, 0.4) is 0 Å². The van der Waals surface area contributed by atoms with Crippen LogP contribution in [0, 0.1) is 0 Å². The van der Waals surface area contributed by atoms with Crippen molar-refractivity contribution < 1.29 is 19.1 Å². The zero-order valence-electron chi connectivity index (χ0n) is 14.4. The third kappa shape index (κ3) is 4.46. The van der Waals surface area contributed by atoms with Crippen molar-refractivity contribution in [3.63, 3.8) is 0 Å². The number of benzene rings is 1. The van der Waals surface area contributed by atoms with E-state index in [1.807, 2.05) is 26.0 Å². The second-order valence-electron chi connectivity index (χ2n) is 5.61. The van der Waals surface area contributed by atoms with E-state index in [2.05, 4.69) is 10.6 Å². The normalized spacial score (nSPS) is 20.3. The zero-order valence-corrected chi connectivity index (χ0v) is 14.4. The van der Waals surface area contributed by atoms with Gasteiger partial charge in [-0.3, -0.25) is 9.59 Å². The molecular weight excluding hydrogens is 310 g/mol. The molecule has 1 fully saturated rings. The Hall–Kier alpha value is -2.12. The maximum absolute atomic E-state index is 12.6. The molecule has 132 valence electrons. The summed E-state index contributed by atoms with van der Waals surface area (Å²) in [7, 11) is 1.54. The number of morpholine rings is 1. The lowest BCUT2D eigenvalue weighted by Gasteiger charge is -2.33. The van der Waals surface area contributed by atoms with Gasteiger partial charge in [-0.05, 0) is 26.0 Å². The number of anilines is 1. The van der Waals surface area contributed by atoms with Crippen LogP contribution in [0.2, 0.25) is 0 Å². The van der Waals surface area contributed by atoms with Crippen LogP contribution < -0.4 is 15.4 Å². The second kappa shape index (κ2) is 8.65. The SMILES string of the molecule is CCN(CC(=O)Nc1ccccc1OC)C(=O)[C@H]1NCCO[C@@H]1C. The highest BCUT2D eigenvalue weighted by atomic mass is 16.5. The number of para-hydroxylation sites is 2. The van der Waals surface area contributed by atoms with Gasteiger partial charge in [0.05, 0.1) is 32.1 Å². The molecule has 1 heterocycles. The molecule has 2 N–H and O–H groups in total. The smallest absolute Gasteiger partial charge is 0.244 e. The Labute approximate surface area is 142 Å². The fraction of sp³-hybridized carbons (Fsp3) is 0.529. The van der Waals surface area contributed by atoms with E-state index in [0.29, 0.717) is 31.1 Å². The number of carbonyl (C=O) groups is 2. The Kier molecular flexibility index (Phi) is 6.57. The van der Waals surface area contributed by atoms with Crippen molar-refractivity contribution in [2.24, 2.45) is 0 Å². The van der Waals surface area contributed by atoms with Gasteiger partial charge in [0.1, 0.15) is 11.8 Å². The number of nitrogens with one attached hydrogen (secondary N) is 2. The van der Waals surface area contributed by atoms with Crippen molar-refractivity contribution in [2.45, 2.75) is 26.0 Å². The molecule has 1 saturated heterocycles. The number of carbonyl (C=O) groups excluding carboxylic acids is 2. The predicted octanol–water partition coefficient (Wildman–Crippen LogP) is 0.859. The Bertz CT molecular complexity index is 579. The monoisotopic (exact) mass is 335 g/mol. The summed E-state index contributed by atoms with van der Waals surface area (Å²) < 4.78 is 10.7. The average molecular weight is 335 g/mol. The van der Waals surface area contributed by atoms with E-state index in [1.54, 1.807) is 19.2 Å². The average Bonchev–Trinajstić information content (AvgIpc) is 2.60. The second-order valence-corrected chi connectivity index (χ2v) is 5.61. The van der Waals surface area contributed by atoms with Crippen molar-refractivity contribution in [2.75, 3.05) is 38.7 Å². The number of nitrogens with zero attached hydrogens (tertiary/aromatic N) is 1. The number of methoxy groups -OCH3 is 1. The zero-order chi connectivity index (χ0) is 17.5. The molecule has 0 radical (unpaired) electrons. The predicted molar refractivity (Wildman–Crippen MR) is 91.1 cm³/mol. The summed E-state index contributed by atoms with van der Waals surface area (Å²) in [4.78, 5) is 26.5. The molecule has 24 heavy (non-hydrogen) atoms. The van der Waals surface area contributed by atoms with E-state index in [-0.39, 0.29) is 24.5 Å². The van der Waals surface area contributed by atoms with Crippen LogP contribution in [-0.2, 0) is 14.3 Å². The van der Waals surface area contributed by atoms with Crippen molar-refractivity contribution in [3.8, 4) is 5.75 Å². The fourth-order valence-electron chi connectivity index (χ4n) is 2.66. The van der Waals surface area contributed by atoms with E-state index in [4.69, 9.17) is 9.47 Å². The van der Waals surface area contributed by atoms with Crippen molar-refractivity contribution >= 4 is 17.5 Å². The van der Waals surface area contributed by atoms with Gasteiger partial charge in [-0.25, -0.2) is 0 Å². The topological polar surface area (TPSA) is 79.9 Å². The lowest BCUT2D eigenvalue weighted by molar-refractivity contribution is -0.141. The molecule has 0 aromatic heterocycles. The third-order valence-electron chi connectivity index (χ3n) is 3.99. The number of ether oxygens (including phenoxy) is 2. The molecule has 0 saturated carbocycles. The minimum absolute atomic E-state index is 0.0156. The molecule has 0 spiro atoms. The molecule has 2 atom stereocenters. The van der Waals surface area contributed by atoms with E-state index in [0.717, 1.165) is 0 Å². The first-order valence-electron chi connectivity index (χ1n) is 8.13. The molecule has 0 unspecified atom stereocenters. The summed E-state index contributed by atoms with van der Waals surface area (Å²) in [6.45, 7) is 5.36. The standard InChI is InChI=1S/C17H25N3O4/c1-4-20(17(22)16-12(2)24-10-9-18-16)11-15(21)19-13-7-5-6-8-14(13)23-3/h5-8,12,16,18H,4,9-11H2,1-3H3,(H,19,21)/t12-,16+/m1/s1. The Morgan fingerprint density at radius 3 is 2.83 bits per heavy atom. The fourth-order valence-corrected chi connectivity index (χ4v) is 2.66. The van der Waals surface area contributed by atoms with Crippen LogP contribution in [0.25, 0.3) is 0 Å². The maximum atomic E-state index is 12.6. The van der Waals surface area contributed by atoms with Crippen LogP contribution in [0.1, 0.15) is 13.8 Å². The van der Waals surface area contributed by atoms with E-state index in [1.165, 1.54) is 4.90 Å². The summed E-state index contributed by atoms with van der Waals surface area (Å²) in [6, 6.07) is 6.74. The van der Waals surface area contributed by atoms with Crippen LogP contribution in [0.5, 0.6) is 5.75 Å². The molecule has 7 heteroatoms. The van der Waals surface area contributed by atoms with Crippen molar-refractivity contribution in [3.05, 3.63) is 24.3 Å². The first-order valence-corrected chi connectivity index (χ1v) is 8.13. The van der Waals surface area contributed by atoms with Crippen LogP contribution >= 0.6 is 0 Å². The highest BCUT2D eigenvalue weighted by Gasteiger charge is 2.32. The van der Waals surface area contributed by atoms with E-state index >= 15 is 0 Å². The molecule has 1 aliphatic heterocycles. The Balaban J connectivity index is 1.98. The summed E-state index contributed by atoms with van der Waals surface area (Å²) in [6.07, 6.45) is -0.211.